The number of alkyl halides is 6. The van der Waals surface area contributed by atoms with E-state index in [4.69, 9.17) is 4.74 Å². The molecule has 226 valence electrons. The molecule has 0 saturated heterocycles. The van der Waals surface area contributed by atoms with E-state index in [2.05, 4.69) is 4.98 Å². The molecule has 1 amide bonds. The first-order valence-corrected chi connectivity index (χ1v) is 13.4. The molecule has 5 rings (SSSR count). The number of hydrogen-bond acceptors (Lipinski definition) is 4. The van der Waals surface area contributed by atoms with Gasteiger partial charge in [0.25, 0.3) is 5.60 Å². The Hall–Kier alpha value is -4.32. The molecule has 0 saturated carbocycles. The molecule has 0 aliphatic carbocycles. The molecule has 43 heavy (non-hydrogen) atoms. The summed E-state index contributed by atoms with van der Waals surface area (Å²) < 4.78 is 89.9. The van der Waals surface area contributed by atoms with Crippen molar-refractivity contribution in [2.24, 2.45) is 0 Å². The quantitative estimate of drug-likeness (QED) is 0.249. The van der Waals surface area contributed by atoms with Crippen LogP contribution in [-0.4, -0.2) is 45.6 Å². The van der Waals surface area contributed by atoms with Gasteiger partial charge in [0.2, 0.25) is 5.91 Å². The Morgan fingerprint density at radius 2 is 1.65 bits per heavy atom. The van der Waals surface area contributed by atoms with E-state index < -0.39 is 41.4 Å². The first-order valence-electron chi connectivity index (χ1n) is 13.4. The molecule has 1 N–H and O–H groups in total. The van der Waals surface area contributed by atoms with Crippen LogP contribution in [0.3, 0.4) is 0 Å². The molecular formula is C31H27F6N3O3. The predicted octanol–water partition coefficient (Wildman–Crippen LogP) is 6.72. The third kappa shape index (κ3) is 5.83. The number of fused-ring (bicyclic) bond motifs is 1. The minimum Gasteiger partial charge on any atom is -0.489 e. The molecule has 1 aliphatic heterocycles. The minimum absolute atomic E-state index is 0.00372. The molecule has 4 aromatic rings. The maximum atomic E-state index is 13.8. The molecule has 6 nitrogen and oxygen atoms in total. The summed E-state index contributed by atoms with van der Waals surface area (Å²) in [5.74, 6) is -0.621. The highest BCUT2D eigenvalue weighted by atomic mass is 19.4. The van der Waals surface area contributed by atoms with Crippen LogP contribution in [0, 0.1) is 0 Å². The van der Waals surface area contributed by atoms with Gasteiger partial charge in [-0.2, -0.15) is 26.3 Å². The number of rotatable bonds is 6. The van der Waals surface area contributed by atoms with E-state index in [0.717, 1.165) is 11.8 Å². The van der Waals surface area contributed by atoms with Crippen molar-refractivity contribution in [1.82, 2.24) is 9.55 Å². The Morgan fingerprint density at radius 1 is 0.977 bits per heavy atom. The van der Waals surface area contributed by atoms with E-state index in [-0.39, 0.29) is 30.6 Å². The first kappa shape index (κ1) is 30.1. The van der Waals surface area contributed by atoms with E-state index in [1.807, 2.05) is 0 Å². The highest BCUT2D eigenvalue weighted by molar-refractivity contribution is 5.98. The first-order chi connectivity index (χ1) is 20.3. The molecular weight excluding hydrogens is 576 g/mol. The molecule has 2 heterocycles. The van der Waals surface area contributed by atoms with E-state index in [0.29, 0.717) is 23.4 Å². The number of anilines is 1. The third-order valence-corrected chi connectivity index (χ3v) is 7.61. The van der Waals surface area contributed by atoms with Crippen molar-refractivity contribution < 1.29 is 41.0 Å². The standard InChI is InChI=1S/C31H27F6N3O3/c1-20(21-5-3-2-4-6-21)28(41)40-18-26(43-25-12-9-24(10-13-25)39-16-15-38-19-39)11-7-22-17-23(8-14-27(22)40)29(42,30(32,33)34)31(35,36)37/h2-6,8-10,12-17,19-20,26,42H,7,11,18H2,1H3/t20-,26-/m0/s1. The second kappa shape index (κ2) is 11.4. The van der Waals surface area contributed by atoms with Gasteiger partial charge in [-0.25, -0.2) is 4.98 Å². The number of aliphatic hydroxyl groups is 1. The van der Waals surface area contributed by atoms with Crippen molar-refractivity contribution in [2.75, 3.05) is 11.4 Å². The monoisotopic (exact) mass is 603 g/mol. The lowest BCUT2D eigenvalue weighted by Gasteiger charge is -2.34. The van der Waals surface area contributed by atoms with Crippen LogP contribution in [0.1, 0.15) is 36.0 Å². The second-order valence-corrected chi connectivity index (χ2v) is 10.4. The van der Waals surface area contributed by atoms with Crippen LogP contribution in [0.4, 0.5) is 32.0 Å². The van der Waals surface area contributed by atoms with Crippen molar-refractivity contribution in [1.29, 1.82) is 0 Å². The maximum absolute atomic E-state index is 13.8. The number of aryl methyl sites for hydroxylation is 1. The number of hydrogen-bond donors (Lipinski definition) is 1. The molecule has 1 aromatic heterocycles. The number of carbonyl (C=O) groups excluding carboxylic acids is 1. The molecule has 0 bridgehead atoms. The Balaban J connectivity index is 1.50. The van der Waals surface area contributed by atoms with E-state index in [9.17, 15) is 36.2 Å². The van der Waals surface area contributed by atoms with Crippen LogP contribution in [0.5, 0.6) is 5.75 Å². The number of halogens is 6. The van der Waals surface area contributed by atoms with Crippen LogP contribution in [-0.2, 0) is 16.8 Å². The lowest BCUT2D eigenvalue weighted by Crippen LogP contribution is -2.54. The number of benzene rings is 3. The highest BCUT2D eigenvalue weighted by Gasteiger charge is 2.71. The van der Waals surface area contributed by atoms with Gasteiger partial charge in [-0.05, 0) is 61.2 Å². The van der Waals surface area contributed by atoms with Gasteiger partial charge in [0, 0.05) is 29.3 Å². The number of imidazole rings is 1. The maximum Gasteiger partial charge on any atom is 0.430 e. The van der Waals surface area contributed by atoms with E-state index in [1.165, 1.54) is 4.90 Å². The lowest BCUT2D eigenvalue weighted by molar-refractivity contribution is -0.376. The topological polar surface area (TPSA) is 67.6 Å². The third-order valence-electron chi connectivity index (χ3n) is 7.61. The SMILES string of the molecule is C[C@H](C(=O)N1C[C@@H](Oc2ccc(-n3ccnc3)cc2)CCc2cc(C(O)(C(F)(F)F)C(F)(F)F)ccc21)c1ccccc1. The Bertz CT molecular complexity index is 1540. The fourth-order valence-electron chi connectivity index (χ4n) is 5.20. The number of ether oxygens (including phenoxy) is 1. The number of nitrogens with zero attached hydrogens (tertiary/aromatic N) is 3. The van der Waals surface area contributed by atoms with Crippen molar-refractivity contribution >= 4 is 11.6 Å². The normalized spacial score (nSPS) is 16.7. The summed E-state index contributed by atoms with van der Waals surface area (Å²) in [4.78, 5) is 19.2. The fraction of sp³-hybridized carbons (Fsp3) is 0.290. The van der Waals surface area contributed by atoms with Gasteiger partial charge < -0.3 is 19.3 Å². The van der Waals surface area contributed by atoms with Gasteiger partial charge in [-0.3, -0.25) is 4.79 Å². The molecule has 1 aliphatic rings. The van der Waals surface area contributed by atoms with Crippen molar-refractivity contribution in [3.63, 3.8) is 0 Å². The summed E-state index contributed by atoms with van der Waals surface area (Å²) in [5, 5.41) is 10.0. The average Bonchev–Trinajstić information content (AvgIpc) is 3.46. The van der Waals surface area contributed by atoms with Crippen molar-refractivity contribution in [3.05, 3.63) is 108 Å². The fourth-order valence-corrected chi connectivity index (χ4v) is 5.20. The van der Waals surface area contributed by atoms with Crippen LogP contribution < -0.4 is 9.64 Å². The van der Waals surface area contributed by atoms with Crippen LogP contribution in [0.2, 0.25) is 0 Å². The Labute approximate surface area is 243 Å². The zero-order valence-electron chi connectivity index (χ0n) is 22.8. The average molecular weight is 604 g/mol. The molecule has 2 atom stereocenters. The van der Waals surface area contributed by atoms with Crippen LogP contribution >= 0.6 is 0 Å². The van der Waals surface area contributed by atoms with E-state index in [1.54, 1.807) is 84.8 Å². The van der Waals surface area contributed by atoms with Crippen molar-refractivity contribution in [3.8, 4) is 11.4 Å². The van der Waals surface area contributed by atoms with Crippen LogP contribution in [0.25, 0.3) is 5.69 Å². The Kier molecular flexibility index (Phi) is 7.99. The summed E-state index contributed by atoms with van der Waals surface area (Å²) in [7, 11) is 0. The second-order valence-electron chi connectivity index (χ2n) is 10.4. The van der Waals surface area contributed by atoms with Gasteiger partial charge in [-0.1, -0.05) is 42.5 Å². The highest BCUT2D eigenvalue weighted by Crippen LogP contribution is 2.51. The molecule has 3 aromatic carbocycles. The van der Waals surface area contributed by atoms with E-state index >= 15 is 0 Å². The number of carbonyl (C=O) groups is 1. The summed E-state index contributed by atoms with van der Waals surface area (Å²) in [6, 6.07) is 18.1. The zero-order valence-corrected chi connectivity index (χ0v) is 22.8. The lowest BCUT2D eigenvalue weighted by atomic mass is 9.89. The summed E-state index contributed by atoms with van der Waals surface area (Å²) in [6.07, 6.45) is -7.51. The molecule has 0 spiro atoms. The summed E-state index contributed by atoms with van der Waals surface area (Å²) in [6.45, 7) is 1.67. The number of aromatic nitrogens is 2. The molecule has 0 radical (unpaired) electrons. The Morgan fingerprint density at radius 3 is 2.26 bits per heavy atom. The molecule has 0 unspecified atom stereocenters. The minimum atomic E-state index is -6.03. The molecule has 0 fully saturated rings. The van der Waals surface area contributed by atoms with Gasteiger partial charge in [0.1, 0.15) is 11.9 Å². The van der Waals surface area contributed by atoms with Gasteiger partial charge in [-0.15, -0.1) is 0 Å². The zero-order chi connectivity index (χ0) is 31.0. The largest absolute Gasteiger partial charge is 0.489 e. The van der Waals surface area contributed by atoms with Gasteiger partial charge in [0.05, 0.1) is 18.8 Å². The predicted molar refractivity (Wildman–Crippen MR) is 146 cm³/mol. The summed E-state index contributed by atoms with van der Waals surface area (Å²) >= 11 is 0. The van der Waals surface area contributed by atoms with Gasteiger partial charge in [0.15, 0.2) is 0 Å². The van der Waals surface area contributed by atoms with Gasteiger partial charge >= 0.3 is 12.4 Å². The summed E-state index contributed by atoms with van der Waals surface area (Å²) in [5.41, 5.74) is -4.74. The van der Waals surface area contributed by atoms with Crippen LogP contribution in [0.15, 0.2) is 91.5 Å². The number of amides is 1. The van der Waals surface area contributed by atoms with Crippen molar-refractivity contribution in [2.45, 2.75) is 49.7 Å². The molecule has 12 heteroatoms. The smallest absolute Gasteiger partial charge is 0.430 e.